The van der Waals surface area contributed by atoms with Crippen molar-refractivity contribution in [2.24, 2.45) is 0 Å². The fourth-order valence-corrected chi connectivity index (χ4v) is 3.07. The van der Waals surface area contributed by atoms with Gasteiger partial charge in [-0.15, -0.1) is 5.10 Å². The highest BCUT2D eigenvalue weighted by molar-refractivity contribution is 7.99. The number of nitrogens with zero attached hydrogens (tertiary/aromatic N) is 4. The minimum Gasteiger partial charge on any atom is -0.508 e. The highest BCUT2D eigenvalue weighted by Crippen LogP contribution is 2.21. The second-order valence-corrected chi connectivity index (χ2v) is 6.58. The van der Waals surface area contributed by atoms with Gasteiger partial charge in [0.05, 0.1) is 17.5 Å². The number of rotatable bonds is 6. The summed E-state index contributed by atoms with van der Waals surface area (Å²) in [5.41, 5.74) is 0.825. The van der Waals surface area contributed by atoms with Crippen molar-refractivity contribution in [3.8, 4) is 11.4 Å². The van der Waals surface area contributed by atoms with E-state index in [0.29, 0.717) is 10.8 Å². The molecule has 7 nitrogen and oxygen atoms in total. The van der Waals surface area contributed by atoms with Crippen LogP contribution in [0.1, 0.15) is 18.5 Å². The van der Waals surface area contributed by atoms with E-state index >= 15 is 0 Å². The maximum Gasteiger partial charge on any atom is 0.230 e. The smallest absolute Gasteiger partial charge is 0.230 e. The highest BCUT2D eigenvalue weighted by atomic mass is 32.2. The lowest BCUT2D eigenvalue weighted by Crippen LogP contribution is -2.28. The molecule has 0 bridgehead atoms. The normalized spacial score (nSPS) is 12.0. The van der Waals surface area contributed by atoms with Crippen LogP contribution in [0.5, 0.6) is 5.75 Å². The molecule has 2 N–H and O–H groups in total. The Hall–Kier alpha value is -3.01. The molecule has 10 heteroatoms. The van der Waals surface area contributed by atoms with Crippen LogP contribution in [0.25, 0.3) is 5.69 Å². The molecule has 0 aliphatic carbocycles. The van der Waals surface area contributed by atoms with Crippen LogP contribution in [0.2, 0.25) is 0 Å². The number of phenolic OH excluding ortho intramolecular Hbond substituents is 1. The third kappa shape index (κ3) is 4.59. The van der Waals surface area contributed by atoms with Gasteiger partial charge in [-0.2, -0.15) is 4.68 Å². The van der Waals surface area contributed by atoms with Crippen molar-refractivity contribution in [1.82, 2.24) is 25.5 Å². The first-order chi connectivity index (χ1) is 12.9. The Morgan fingerprint density at radius 2 is 2.00 bits per heavy atom. The Kier molecular flexibility index (Phi) is 5.65. The van der Waals surface area contributed by atoms with Crippen molar-refractivity contribution in [1.29, 1.82) is 0 Å². The van der Waals surface area contributed by atoms with Gasteiger partial charge in [-0.3, -0.25) is 4.79 Å². The van der Waals surface area contributed by atoms with Gasteiger partial charge in [0, 0.05) is 11.6 Å². The number of aromatic hydroxyl groups is 1. The zero-order valence-electron chi connectivity index (χ0n) is 14.1. The van der Waals surface area contributed by atoms with Crippen molar-refractivity contribution in [2.75, 3.05) is 5.75 Å². The predicted octanol–water partition coefficient (Wildman–Crippen LogP) is 2.62. The summed E-state index contributed by atoms with van der Waals surface area (Å²) in [7, 11) is 0. The van der Waals surface area contributed by atoms with Gasteiger partial charge >= 0.3 is 0 Å². The molecule has 3 rings (SSSR count). The molecule has 0 spiro atoms. The molecule has 0 aliphatic heterocycles. The van der Waals surface area contributed by atoms with Crippen LogP contribution in [0, 0.1) is 11.6 Å². The number of benzene rings is 2. The molecule has 1 heterocycles. The summed E-state index contributed by atoms with van der Waals surface area (Å²) in [6.07, 6.45) is 0. The van der Waals surface area contributed by atoms with E-state index in [4.69, 9.17) is 0 Å². The molecule has 27 heavy (non-hydrogen) atoms. The van der Waals surface area contributed by atoms with Crippen LogP contribution >= 0.6 is 11.8 Å². The van der Waals surface area contributed by atoms with Gasteiger partial charge in [0.1, 0.15) is 17.4 Å². The Morgan fingerprint density at radius 1 is 1.26 bits per heavy atom. The van der Waals surface area contributed by atoms with Crippen LogP contribution in [-0.2, 0) is 4.79 Å². The molecule has 2 aromatic carbocycles. The minimum absolute atomic E-state index is 0.00557. The van der Waals surface area contributed by atoms with Crippen LogP contribution in [0.4, 0.5) is 8.78 Å². The summed E-state index contributed by atoms with van der Waals surface area (Å²) < 4.78 is 28.2. The molecule has 3 aromatic rings. The molecule has 0 saturated carbocycles. The fraction of sp³-hybridized carbons (Fsp3) is 0.176. The Bertz CT molecular complexity index is 949. The summed E-state index contributed by atoms with van der Waals surface area (Å²) in [5.74, 6) is -1.62. The van der Waals surface area contributed by atoms with Crippen molar-refractivity contribution < 1.29 is 18.7 Å². The first kappa shape index (κ1) is 18.8. The monoisotopic (exact) mass is 391 g/mol. The van der Waals surface area contributed by atoms with Gasteiger partial charge in [0.15, 0.2) is 0 Å². The van der Waals surface area contributed by atoms with Gasteiger partial charge in [0.25, 0.3) is 0 Å². The summed E-state index contributed by atoms with van der Waals surface area (Å²) in [6.45, 7) is 1.61. The number of thioether (sulfide) groups is 1. The second kappa shape index (κ2) is 8.12. The van der Waals surface area contributed by atoms with Crippen LogP contribution in [-0.4, -0.2) is 37.0 Å². The number of hydrogen-bond donors (Lipinski definition) is 2. The lowest BCUT2D eigenvalue weighted by Gasteiger charge is -2.15. The SMILES string of the molecule is C[C@H](NC(=O)CSc1nnnn1-c1ccc(O)cc1)c1ccc(F)cc1F. The lowest BCUT2D eigenvalue weighted by atomic mass is 10.1. The van der Waals surface area contributed by atoms with Gasteiger partial charge in [0.2, 0.25) is 11.1 Å². The first-order valence-electron chi connectivity index (χ1n) is 7.89. The average molecular weight is 391 g/mol. The molecule has 0 fully saturated rings. The number of halogens is 2. The number of tetrazole rings is 1. The zero-order chi connectivity index (χ0) is 19.4. The maximum atomic E-state index is 13.8. The van der Waals surface area contributed by atoms with Gasteiger partial charge < -0.3 is 10.4 Å². The van der Waals surface area contributed by atoms with Crippen molar-refractivity contribution >= 4 is 17.7 Å². The molecule has 0 radical (unpaired) electrons. The number of phenols is 1. The number of hydrogen-bond acceptors (Lipinski definition) is 6. The quantitative estimate of drug-likeness (QED) is 0.628. The Labute approximate surface area is 157 Å². The average Bonchev–Trinajstić information content (AvgIpc) is 3.09. The molecule has 1 atom stereocenters. The Balaban J connectivity index is 1.61. The second-order valence-electron chi connectivity index (χ2n) is 5.63. The van der Waals surface area contributed by atoms with E-state index < -0.39 is 17.7 Å². The van der Waals surface area contributed by atoms with Gasteiger partial charge in [-0.05, 0) is 47.7 Å². The minimum atomic E-state index is -0.716. The largest absolute Gasteiger partial charge is 0.508 e. The first-order valence-corrected chi connectivity index (χ1v) is 8.87. The van der Waals surface area contributed by atoms with Crippen LogP contribution in [0.15, 0.2) is 47.6 Å². The number of nitrogens with one attached hydrogen (secondary N) is 1. The number of amides is 1. The summed E-state index contributed by atoms with van der Waals surface area (Å²) >= 11 is 1.10. The van der Waals surface area contributed by atoms with Gasteiger partial charge in [-0.25, -0.2) is 8.78 Å². The van der Waals surface area contributed by atoms with Crippen LogP contribution < -0.4 is 5.32 Å². The van der Waals surface area contributed by atoms with Crippen LogP contribution in [0.3, 0.4) is 0 Å². The number of carbonyl (C=O) groups is 1. The third-order valence-electron chi connectivity index (χ3n) is 3.67. The topological polar surface area (TPSA) is 92.9 Å². The van der Waals surface area contributed by atoms with E-state index in [2.05, 4.69) is 20.8 Å². The summed E-state index contributed by atoms with van der Waals surface area (Å²) in [6, 6.07) is 8.86. The number of carbonyl (C=O) groups excluding carboxylic acids is 1. The molecular formula is C17H15F2N5O2S. The Morgan fingerprint density at radius 3 is 2.70 bits per heavy atom. The molecule has 0 saturated heterocycles. The van der Waals surface area contributed by atoms with Crippen molar-refractivity contribution in [3.05, 3.63) is 59.7 Å². The summed E-state index contributed by atoms with van der Waals surface area (Å²) in [5, 5.41) is 23.7. The maximum absolute atomic E-state index is 13.8. The predicted molar refractivity (Wildman–Crippen MR) is 94.5 cm³/mol. The van der Waals surface area contributed by atoms with Gasteiger partial charge in [-0.1, -0.05) is 17.8 Å². The molecule has 1 aromatic heterocycles. The van der Waals surface area contributed by atoms with E-state index in [0.717, 1.165) is 23.9 Å². The van der Waals surface area contributed by atoms with E-state index in [1.807, 2.05) is 0 Å². The van der Waals surface area contributed by atoms with Crippen molar-refractivity contribution in [3.63, 3.8) is 0 Å². The number of aromatic nitrogens is 4. The highest BCUT2D eigenvalue weighted by Gasteiger charge is 2.16. The van der Waals surface area contributed by atoms with E-state index in [-0.39, 0.29) is 23.0 Å². The standard InChI is InChI=1S/C17H15F2N5O2S/c1-10(14-7-2-11(18)8-15(14)19)20-16(26)9-27-17-21-22-23-24(17)12-3-5-13(25)6-4-12/h2-8,10,25H,9H2,1H3,(H,20,26)/t10-/m0/s1. The van der Waals surface area contributed by atoms with Crippen molar-refractivity contribution in [2.45, 2.75) is 18.1 Å². The molecule has 1 amide bonds. The van der Waals surface area contributed by atoms with E-state index in [1.165, 1.54) is 22.9 Å². The zero-order valence-corrected chi connectivity index (χ0v) is 15.0. The molecule has 140 valence electrons. The molecule has 0 unspecified atom stereocenters. The summed E-state index contributed by atoms with van der Waals surface area (Å²) in [4.78, 5) is 12.2. The third-order valence-corrected chi connectivity index (χ3v) is 4.59. The molecular weight excluding hydrogens is 376 g/mol. The molecule has 0 aliphatic rings. The van der Waals surface area contributed by atoms with E-state index in [9.17, 15) is 18.7 Å². The lowest BCUT2D eigenvalue weighted by molar-refractivity contribution is -0.119. The fourth-order valence-electron chi connectivity index (χ4n) is 2.37. The van der Waals surface area contributed by atoms with E-state index in [1.54, 1.807) is 19.1 Å².